The first-order valence-corrected chi connectivity index (χ1v) is 14.8. The van der Waals surface area contributed by atoms with Gasteiger partial charge in [-0.25, -0.2) is 0 Å². The standard InChI is InChI=1S/C33H38INO4/c1-32(2)16-23-29(25(36)18-32)28(21-14-22(34)31(39-6)27(15-21)38-5)30-24(17-33(3,4)19-26(30)37)35(23)13-12-20-10-8-7-9-11-20/h7-11,14-15,28H,12-13,16-19H2,1-6H3. The Balaban J connectivity index is 1.73. The van der Waals surface area contributed by atoms with Gasteiger partial charge in [0.2, 0.25) is 0 Å². The van der Waals surface area contributed by atoms with Crippen LogP contribution in [0.1, 0.15) is 70.4 Å². The summed E-state index contributed by atoms with van der Waals surface area (Å²) in [5.41, 5.74) is 5.63. The van der Waals surface area contributed by atoms with Gasteiger partial charge in [0.05, 0.1) is 17.8 Å². The minimum Gasteiger partial charge on any atom is -0.493 e. The van der Waals surface area contributed by atoms with Crippen molar-refractivity contribution in [3.8, 4) is 11.5 Å². The lowest BCUT2D eigenvalue weighted by Gasteiger charge is -2.49. The number of benzene rings is 2. The molecule has 0 saturated carbocycles. The van der Waals surface area contributed by atoms with Gasteiger partial charge in [0, 0.05) is 47.8 Å². The molecule has 0 bridgehead atoms. The van der Waals surface area contributed by atoms with E-state index in [4.69, 9.17) is 9.47 Å². The van der Waals surface area contributed by atoms with Crippen molar-refractivity contribution >= 4 is 34.2 Å². The Labute approximate surface area is 245 Å². The largest absolute Gasteiger partial charge is 0.493 e. The molecule has 206 valence electrons. The normalized spacial score (nSPS) is 20.6. The van der Waals surface area contributed by atoms with Gasteiger partial charge in [-0.3, -0.25) is 9.59 Å². The Bertz CT molecular complexity index is 1330. The van der Waals surface area contributed by atoms with Crippen molar-refractivity contribution in [2.75, 3.05) is 20.8 Å². The van der Waals surface area contributed by atoms with Gasteiger partial charge in [-0.05, 0) is 75.9 Å². The molecular weight excluding hydrogens is 601 g/mol. The molecule has 0 spiro atoms. The van der Waals surface area contributed by atoms with E-state index in [0.29, 0.717) is 24.3 Å². The van der Waals surface area contributed by atoms with E-state index in [9.17, 15) is 9.59 Å². The molecule has 2 aromatic rings. The van der Waals surface area contributed by atoms with Crippen LogP contribution in [0.5, 0.6) is 11.5 Å². The summed E-state index contributed by atoms with van der Waals surface area (Å²) >= 11 is 2.25. The van der Waals surface area contributed by atoms with Gasteiger partial charge in [0.25, 0.3) is 0 Å². The molecule has 0 fully saturated rings. The van der Waals surface area contributed by atoms with Crippen LogP contribution in [0.3, 0.4) is 0 Å². The Morgan fingerprint density at radius 3 is 1.92 bits per heavy atom. The predicted molar refractivity (Wildman–Crippen MR) is 162 cm³/mol. The van der Waals surface area contributed by atoms with E-state index in [1.54, 1.807) is 14.2 Å². The lowest BCUT2D eigenvalue weighted by molar-refractivity contribution is -0.119. The van der Waals surface area contributed by atoms with Crippen molar-refractivity contribution in [1.82, 2.24) is 4.90 Å². The molecule has 1 heterocycles. The van der Waals surface area contributed by atoms with Crippen molar-refractivity contribution < 1.29 is 19.1 Å². The first-order valence-electron chi connectivity index (χ1n) is 13.7. The minimum absolute atomic E-state index is 0.143. The molecule has 39 heavy (non-hydrogen) atoms. The molecule has 5 nitrogen and oxygen atoms in total. The summed E-state index contributed by atoms with van der Waals surface area (Å²) in [6.07, 6.45) is 3.39. The predicted octanol–water partition coefficient (Wildman–Crippen LogP) is 7.24. The lowest BCUT2D eigenvalue weighted by Crippen LogP contribution is -2.45. The Kier molecular flexibility index (Phi) is 7.46. The number of Topliss-reactive ketones (excluding diaryl/α,β-unsaturated/α-hetero) is 2. The fourth-order valence-electron chi connectivity index (χ4n) is 6.64. The third-order valence-electron chi connectivity index (χ3n) is 8.28. The van der Waals surface area contributed by atoms with Crippen LogP contribution in [0.2, 0.25) is 0 Å². The van der Waals surface area contributed by atoms with Crippen LogP contribution in [0.25, 0.3) is 0 Å². The van der Waals surface area contributed by atoms with E-state index in [0.717, 1.165) is 57.5 Å². The summed E-state index contributed by atoms with van der Waals surface area (Å²) in [5, 5.41) is 0. The highest BCUT2D eigenvalue weighted by molar-refractivity contribution is 14.1. The van der Waals surface area contributed by atoms with Crippen molar-refractivity contribution in [2.24, 2.45) is 10.8 Å². The van der Waals surface area contributed by atoms with Gasteiger partial charge in [-0.1, -0.05) is 58.0 Å². The molecule has 0 unspecified atom stereocenters. The van der Waals surface area contributed by atoms with E-state index in [1.165, 1.54) is 5.56 Å². The van der Waals surface area contributed by atoms with E-state index in [2.05, 4.69) is 85.5 Å². The third kappa shape index (κ3) is 5.29. The van der Waals surface area contributed by atoms with Crippen molar-refractivity contribution in [2.45, 2.75) is 65.7 Å². The Hall–Kier alpha value is -2.61. The zero-order valence-corrected chi connectivity index (χ0v) is 26.0. The summed E-state index contributed by atoms with van der Waals surface area (Å²) in [4.78, 5) is 30.4. The second-order valence-electron chi connectivity index (χ2n) is 12.7. The molecule has 0 atom stereocenters. The van der Waals surface area contributed by atoms with E-state index in [1.807, 2.05) is 12.1 Å². The van der Waals surface area contributed by atoms with Gasteiger partial charge in [-0.2, -0.15) is 0 Å². The van der Waals surface area contributed by atoms with Crippen LogP contribution in [-0.4, -0.2) is 37.2 Å². The molecule has 0 aromatic heterocycles. The number of hydrogen-bond acceptors (Lipinski definition) is 5. The topological polar surface area (TPSA) is 55.8 Å². The molecule has 6 heteroatoms. The molecule has 0 N–H and O–H groups in total. The number of ketones is 2. The maximum atomic E-state index is 14.0. The fraction of sp³-hybridized carbons (Fsp3) is 0.455. The zero-order chi connectivity index (χ0) is 28.1. The highest BCUT2D eigenvalue weighted by Gasteiger charge is 2.49. The van der Waals surface area contributed by atoms with Crippen LogP contribution in [0.15, 0.2) is 65.0 Å². The number of hydrogen-bond donors (Lipinski definition) is 0. The Morgan fingerprint density at radius 1 is 0.846 bits per heavy atom. The van der Waals surface area contributed by atoms with Gasteiger partial charge < -0.3 is 14.4 Å². The monoisotopic (exact) mass is 639 g/mol. The van der Waals surface area contributed by atoms with Gasteiger partial charge >= 0.3 is 0 Å². The molecule has 3 aliphatic rings. The van der Waals surface area contributed by atoms with Crippen LogP contribution in [0, 0.1) is 14.4 Å². The number of carbonyl (C=O) groups excluding carboxylic acids is 2. The molecule has 5 rings (SSSR count). The first-order chi connectivity index (χ1) is 18.4. The quantitative estimate of drug-likeness (QED) is 0.312. The number of carbonyl (C=O) groups is 2. The highest BCUT2D eigenvalue weighted by Crippen LogP contribution is 2.55. The molecule has 1 aliphatic heterocycles. The van der Waals surface area contributed by atoms with Crippen LogP contribution < -0.4 is 9.47 Å². The van der Waals surface area contributed by atoms with Gasteiger partial charge in [-0.15, -0.1) is 0 Å². The molecule has 2 aliphatic carbocycles. The number of nitrogens with zero attached hydrogens (tertiary/aromatic N) is 1. The number of rotatable bonds is 6. The van der Waals surface area contributed by atoms with Crippen molar-refractivity contribution in [1.29, 1.82) is 0 Å². The first kappa shape index (κ1) is 27.9. The maximum Gasteiger partial charge on any atom is 0.174 e. The number of halogens is 1. The van der Waals surface area contributed by atoms with Crippen LogP contribution >= 0.6 is 22.6 Å². The minimum atomic E-state index is -0.400. The SMILES string of the molecule is COc1cc(C2C3=C(CC(C)(C)CC3=O)N(CCc3ccccc3)C3=C2C(=O)CC(C)(C)C3)cc(I)c1OC. The molecule has 0 amide bonds. The van der Waals surface area contributed by atoms with Gasteiger partial charge in [0.15, 0.2) is 23.1 Å². The maximum absolute atomic E-state index is 14.0. The van der Waals surface area contributed by atoms with Crippen molar-refractivity contribution in [3.05, 3.63) is 79.7 Å². The zero-order valence-electron chi connectivity index (χ0n) is 23.8. The summed E-state index contributed by atoms with van der Waals surface area (Å²) in [7, 11) is 3.26. The summed E-state index contributed by atoms with van der Waals surface area (Å²) in [6, 6.07) is 14.5. The summed E-state index contributed by atoms with van der Waals surface area (Å²) in [5.74, 6) is 1.17. The fourth-order valence-corrected chi connectivity index (χ4v) is 7.49. The number of allylic oxidation sites excluding steroid dienone is 4. The Morgan fingerprint density at radius 2 is 1.41 bits per heavy atom. The van der Waals surface area contributed by atoms with E-state index >= 15 is 0 Å². The molecule has 2 aromatic carbocycles. The highest BCUT2D eigenvalue weighted by atomic mass is 127. The average Bonchev–Trinajstić information content (AvgIpc) is 2.85. The molecular formula is C33H38INO4. The van der Waals surface area contributed by atoms with Crippen molar-refractivity contribution in [3.63, 3.8) is 0 Å². The van der Waals surface area contributed by atoms with E-state index in [-0.39, 0.29) is 22.4 Å². The molecule has 0 radical (unpaired) electrons. The third-order valence-corrected chi connectivity index (χ3v) is 9.08. The van der Waals surface area contributed by atoms with Crippen LogP contribution in [0.4, 0.5) is 0 Å². The van der Waals surface area contributed by atoms with E-state index < -0.39 is 5.92 Å². The van der Waals surface area contributed by atoms with Crippen LogP contribution in [-0.2, 0) is 16.0 Å². The molecule has 0 saturated heterocycles. The summed E-state index contributed by atoms with van der Waals surface area (Å²) < 4.78 is 12.2. The second-order valence-corrected chi connectivity index (χ2v) is 13.8. The summed E-state index contributed by atoms with van der Waals surface area (Å²) in [6.45, 7) is 9.46. The lowest BCUT2D eigenvalue weighted by atomic mass is 9.63. The second kappa shape index (κ2) is 10.4. The number of ether oxygens (including phenoxy) is 2. The smallest absolute Gasteiger partial charge is 0.174 e. The average molecular weight is 640 g/mol. The van der Waals surface area contributed by atoms with Gasteiger partial charge in [0.1, 0.15) is 0 Å². The number of methoxy groups -OCH3 is 2.